The Morgan fingerprint density at radius 1 is 1.21 bits per heavy atom. The summed E-state index contributed by atoms with van der Waals surface area (Å²) in [6, 6.07) is 16.8. The summed E-state index contributed by atoms with van der Waals surface area (Å²) in [6.45, 7) is 2.63. The Bertz CT molecular complexity index is 934. The van der Waals surface area contributed by atoms with Gasteiger partial charge >= 0.3 is 0 Å². The van der Waals surface area contributed by atoms with Crippen LogP contribution in [-0.4, -0.2) is 51.9 Å². The second kappa shape index (κ2) is 9.39. The summed E-state index contributed by atoms with van der Waals surface area (Å²) in [5, 5.41) is 7.89. The molecule has 2 aromatic carbocycles. The number of nitrogens with one attached hydrogen (secondary N) is 1. The lowest BCUT2D eigenvalue weighted by atomic mass is 10.0. The minimum absolute atomic E-state index is 0.0179. The predicted octanol–water partition coefficient (Wildman–Crippen LogP) is 2.26. The van der Waals surface area contributed by atoms with Crippen molar-refractivity contribution in [2.75, 3.05) is 36.9 Å². The Morgan fingerprint density at radius 3 is 2.69 bits per heavy atom. The molecule has 0 radical (unpaired) electrons. The van der Waals surface area contributed by atoms with E-state index in [4.69, 9.17) is 5.14 Å². The van der Waals surface area contributed by atoms with Crippen molar-refractivity contribution in [1.29, 1.82) is 0 Å². The average Bonchev–Trinajstić information content (AvgIpc) is 2.72. The van der Waals surface area contributed by atoms with Crippen molar-refractivity contribution in [3.05, 3.63) is 54.6 Å². The number of carbonyl (C=O) groups excluding carboxylic acids is 1. The highest BCUT2D eigenvalue weighted by Gasteiger charge is 2.23. The standard InChI is InChI=1S/C21H28N4O3S/c1-24(19-10-6-13-25(16-19)18-8-3-2-4-9-18)14-12-21(26)23-17-7-5-11-20(15-17)29(22,27)28/h2-5,7-9,11,15,19H,6,10,12-14,16H2,1H3,(H,23,26)(H2,22,27,28)/t19-/m0/s1. The number of hydrogen-bond donors (Lipinski definition) is 2. The lowest BCUT2D eigenvalue weighted by Gasteiger charge is -2.38. The van der Waals surface area contributed by atoms with Crippen LogP contribution in [0.25, 0.3) is 0 Å². The van der Waals surface area contributed by atoms with Crippen LogP contribution in [0.1, 0.15) is 19.3 Å². The van der Waals surface area contributed by atoms with Crippen molar-refractivity contribution >= 4 is 27.3 Å². The molecule has 1 atom stereocenters. The zero-order chi connectivity index (χ0) is 20.9. The molecule has 29 heavy (non-hydrogen) atoms. The Labute approximate surface area is 172 Å². The normalized spacial score (nSPS) is 17.3. The number of rotatable bonds is 7. The Kier molecular flexibility index (Phi) is 6.89. The highest BCUT2D eigenvalue weighted by atomic mass is 32.2. The van der Waals surface area contributed by atoms with Crippen molar-refractivity contribution in [1.82, 2.24) is 4.90 Å². The molecule has 3 rings (SSSR count). The monoisotopic (exact) mass is 416 g/mol. The molecule has 0 bridgehead atoms. The number of anilines is 2. The molecule has 1 aliphatic heterocycles. The summed E-state index contributed by atoms with van der Waals surface area (Å²) in [7, 11) is -1.74. The van der Waals surface area contributed by atoms with E-state index in [-0.39, 0.29) is 10.8 Å². The fourth-order valence-corrected chi connectivity index (χ4v) is 4.18. The molecule has 1 heterocycles. The maximum absolute atomic E-state index is 12.3. The van der Waals surface area contributed by atoms with E-state index in [1.54, 1.807) is 12.1 Å². The largest absolute Gasteiger partial charge is 0.370 e. The molecule has 8 heteroatoms. The number of para-hydroxylation sites is 1. The van der Waals surface area contributed by atoms with Crippen LogP contribution in [-0.2, 0) is 14.8 Å². The van der Waals surface area contributed by atoms with Crippen LogP contribution in [0, 0.1) is 0 Å². The van der Waals surface area contributed by atoms with Crippen LogP contribution >= 0.6 is 0 Å². The van der Waals surface area contributed by atoms with Gasteiger partial charge in [0.05, 0.1) is 4.90 Å². The molecular weight excluding hydrogens is 388 g/mol. The molecule has 1 amide bonds. The van der Waals surface area contributed by atoms with Crippen LogP contribution in [0.4, 0.5) is 11.4 Å². The van der Waals surface area contributed by atoms with Gasteiger partial charge in [-0.05, 0) is 50.2 Å². The summed E-state index contributed by atoms with van der Waals surface area (Å²) in [6.07, 6.45) is 2.56. The van der Waals surface area contributed by atoms with Gasteiger partial charge in [0.2, 0.25) is 15.9 Å². The number of nitrogens with zero attached hydrogens (tertiary/aromatic N) is 2. The third-order valence-corrected chi connectivity index (χ3v) is 6.19. The summed E-state index contributed by atoms with van der Waals surface area (Å²) in [4.78, 5) is 16.9. The summed E-state index contributed by atoms with van der Waals surface area (Å²) in [5.41, 5.74) is 1.66. The van der Waals surface area contributed by atoms with Gasteiger partial charge in [-0.25, -0.2) is 13.6 Å². The van der Waals surface area contributed by atoms with E-state index in [1.807, 2.05) is 13.1 Å². The Balaban J connectivity index is 1.51. The third kappa shape index (κ3) is 6.03. The van der Waals surface area contributed by atoms with Gasteiger partial charge in [-0.3, -0.25) is 4.79 Å². The fourth-order valence-electron chi connectivity index (χ4n) is 3.62. The SMILES string of the molecule is CN(CCC(=O)Nc1cccc(S(N)(=O)=O)c1)[C@H]1CCCN(c2ccccc2)C1. The van der Waals surface area contributed by atoms with Gasteiger partial charge in [0.15, 0.2) is 0 Å². The zero-order valence-corrected chi connectivity index (χ0v) is 17.4. The van der Waals surface area contributed by atoms with Crippen molar-refractivity contribution in [3.63, 3.8) is 0 Å². The lowest BCUT2D eigenvalue weighted by molar-refractivity contribution is -0.116. The molecule has 0 saturated carbocycles. The van der Waals surface area contributed by atoms with Crippen LogP contribution in [0.15, 0.2) is 59.5 Å². The van der Waals surface area contributed by atoms with Gasteiger partial charge in [-0.2, -0.15) is 0 Å². The molecule has 0 spiro atoms. The number of sulfonamides is 1. The Hall–Kier alpha value is -2.42. The van der Waals surface area contributed by atoms with Crippen molar-refractivity contribution < 1.29 is 13.2 Å². The molecule has 156 valence electrons. The average molecular weight is 417 g/mol. The van der Waals surface area contributed by atoms with Gasteiger partial charge in [0, 0.05) is 43.5 Å². The molecule has 1 saturated heterocycles. The summed E-state index contributed by atoms with van der Waals surface area (Å²) in [5.74, 6) is -0.154. The first-order chi connectivity index (χ1) is 13.8. The molecular formula is C21H28N4O3S. The third-order valence-electron chi connectivity index (χ3n) is 5.28. The zero-order valence-electron chi connectivity index (χ0n) is 16.6. The molecule has 1 fully saturated rings. The lowest BCUT2D eigenvalue weighted by Crippen LogP contribution is -2.47. The van der Waals surface area contributed by atoms with E-state index >= 15 is 0 Å². The number of benzene rings is 2. The molecule has 3 N–H and O–H groups in total. The number of amides is 1. The van der Waals surface area contributed by atoms with E-state index in [0.717, 1.165) is 25.9 Å². The molecule has 0 aromatic heterocycles. The van der Waals surface area contributed by atoms with Gasteiger partial charge in [-0.15, -0.1) is 0 Å². The summed E-state index contributed by atoms with van der Waals surface area (Å²) >= 11 is 0. The Morgan fingerprint density at radius 2 is 1.97 bits per heavy atom. The topological polar surface area (TPSA) is 95.7 Å². The second-order valence-corrected chi connectivity index (χ2v) is 8.99. The van der Waals surface area contributed by atoms with Crippen LogP contribution in [0.3, 0.4) is 0 Å². The van der Waals surface area contributed by atoms with Gasteiger partial charge in [-0.1, -0.05) is 24.3 Å². The van der Waals surface area contributed by atoms with E-state index in [9.17, 15) is 13.2 Å². The predicted molar refractivity (Wildman–Crippen MR) is 115 cm³/mol. The molecule has 0 aliphatic carbocycles. The van der Waals surface area contributed by atoms with Crippen LogP contribution in [0.2, 0.25) is 0 Å². The number of hydrogen-bond acceptors (Lipinski definition) is 5. The second-order valence-electron chi connectivity index (χ2n) is 7.43. The van der Waals surface area contributed by atoms with Crippen molar-refractivity contribution in [2.45, 2.75) is 30.2 Å². The number of carbonyl (C=O) groups is 1. The fraction of sp³-hybridized carbons (Fsp3) is 0.381. The minimum Gasteiger partial charge on any atom is -0.370 e. The van der Waals surface area contributed by atoms with Crippen LogP contribution in [0.5, 0.6) is 0 Å². The van der Waals surface area contributed by atoms with Gasteiger partial charge in [0.1, 0.15) is 0 Å². The molecule has 1 aliphatic rings. The smallest absolute Gasteiger partial charge is 0.238 e. The molecule has 2 aromatic rings. The number of piperidine rings is 1. The highest BCUT2D eigenvalue weighted by molar-refractivity contribution is 7.89. The minimum atomic E-state index is -3.79. The van der Waals surface area contributed by atoms with Gasteiger partial charge < -0.3 is 15.1 Å². The summed E-state index contributed by atoms with van der Waals surface area (Å²) < 4.78 is 22.9. The van der Waals surface area contributed by atoms with Crippen LogP contribution < -0.4 is 15.4 Å². The highest BCUT2D eigenvalue weighted by Crippen LogP contribution is 2.22. The van der Waals surface area contributed by atoms with E-state index in [2.05, 4.69) is 39.4 Å². The molecule has 0 unspecified atom stereocenters. The number of likely N-dealkylation sites (N-methyl/N-ethyl adjacent to an activating group) is 1. The van der Waals surface area contributed by atoms with E-state index in [0.29, 0.717) is 24.7 Å². The first kappa shape index (κ1) is 21.3. The maximum atomic E-state index is 12.3. The molecule has 7 nitrogen and oxygen atoms in total. The van der Waals surface area contributed by atoms with E-state index < -0.39 is 10.0 Å². The quantitative estimate of drug-likeness (QED) is 0.722. The first-order valence-corrected chi connectivity index (χ1v) is 11.3. The van der Waals surface area contributed by atoms with E-state index in [1.165, 1.54) is 17.8 Å². The maximum Gasteiger partial charge on any atom is 0.238 e. The first-order valence-electron chi connectivity index (χ1n) is 9.76. The number of primary sulfonamides is 1. The van der Waals surface area contributed by atoms with Gasteiger partial charge in [0.25, 0.3) is 0 Å². The van der Waals surface area contributed by atoms with Crippen molar-refractivity contribution in [3.8, 4) is 0 Å². The number of nitrogens with two attached hydrogens (primary N) is 1. The van der Waals surface area contributed by atoms with Crippen molar-refractivity contribution in [2.24, 2.45) is 5.14 Å².